The molecule has 0 bridgehead atoms. The largest absolute Gasteiger partial charge is 0.428 e. The van der Waals surface area contributed by atoms with Crippen LogP contribution in [0.3, 0.4) is 0 Å². The zero-order chi connectivity index (χ0) is 12.1. The fourth-order valence-corrected chi connectivity index (χ4v) is 1.33. The Balaban J connectivity index is 1.42. The lowest BCUT2D eigenvalue weighted by molar-refractivity contribution is -0.167. The van der Waals surface area contributed by atoms with Crippen LogP contribution < -0.4 is 0 Å². The second-order valence-corrected chi connectivity index (χ2v) is 4.14. The van der Waals surface area contributed by atoms with E-state index in [0.717, 1.165) is 13.2 Å². The monoisotopic (exact) mass is 244 g/mol. The zero-order valence-electron chi connectivity index (χ0n) is 9.55. The van der Waals surface area contributed by atoms with Gasteiger partial charge in [0.05, 0.1) is 25.4 Å². The molecular formula is C11H16O6. The third kappa shape index (κ3) is 5.65. The summed E-state index contributed by atoms with van der Waals surface area (Å²) in [5.74, 6) is -0.724. The van der Waals surface area contributed by atoms with Gasteiger partial charge in [0.1, 0.15) is 0 Å². The minimum Gasteiger partial charge on any atom is -0.428 e. The molecule has 0 aliphatic carbocycles. The number of hydrogen-bond donors (Lipinski definition) is 0. The Morgan fingerprint density at radius 2 is 1.35 bits per heavy atom. The molecule has 17 heavy (non-hydrogen) atoms. The molecule has 0 aromatic carbocycles. The van der Waals surface area contributed by atoms with Gasteiger partial charge in [-0.3, -0.25) is 9.59 Å². The molecule has 0 radical (unpaired) electrons. The van der Waals surface area contributed by atoms with E-state index in [1.807, 2.05) is 0 Å². The summed E-state index contributed by atoms with van der Waals surface area (Å²) >= 11 is 0. The molecule has 0 spiro atoms. The first kappa shape index (κ1) is 12.3. The summed E-state index contributed by atoms with van der Waals surface area (Å²) in [6, 6.07) is 0. The highest BCUT2D eigenvalue weighted by atomic mass is 16.7. The van der Waals surface area contributed by atoms with Gasteiger partial charge in [-0.05, 0) is 12.8 Å². The highest BCUT2D eigenvalue weighted by Crippen LogP contribution is 2.16. The third-order valence-corrected chi connectivity index (χ3v) is 2.59. The van der Waals surface area contributed by atoms with Gasteiger partial charge in [0.25, 0.3) is 0 Å². The van der Waals surface area contributed by atoms with Crippen molar-refractivity contribution >= 4 is 11.9 Å². The standard InChI is InChI=1S/C11H16O6/c12-10(3-1-8-5-14-8)16-7-17-11(13)4-2-9-6-15-9/h8-9H,1-7H2. The van der Waals surface area contributed by atoms with Crippen LogP contribution in [0.25, 0.3) is 0 Å². The first-order chi connectivity index (χ1) is 8.24. The van der Waals surface area contributed by atoms with Gasteiger partial charge < -0.3 is 18.9 Å². The predicted octanol–water partition coefficient (Wildman–Crippen LogP) is 0.388. The van der Waals surface area contributed by atoms with E-state index in [1.54, 1.807) is 0 Å². The predicted molar refractivity (Wildman–Crippen MR) is 55.0 cm³/mol. The Kier molecular flexibility index (Phi) is 4.33. The van der Waals surface area contributed by atoms with Crippen LogP contribution in [0, 0.1) is 0 Å². The van der Waals surface area contributed by atoms with E-state index in [2.05, 4.69) is 0 Å². The maximum absolute atomic E-state index is 11.1. The molecule has 0 aromatic rings. The van der Waals surface area contributed by atoms with E-state index >= 15 is 0 Å². The normalized spacial score (nSPS) is 25.2. The number of epoxide rings is 2. The Bertz CT molecular complexity index is 254. The SMILES string of the molecule is O=C(CCC1CO1)OCOC(=O)CCC1CO1. The van der Waals surface area contributed by atoms with Crippen molar-refractivity contribution in [3.63, 3.8) is 0 Å². The van der Waals surface area contributed by atoms with E-state index in [1.165, 1.54) is 0 Å². The van der Waals surface area contributed by atoms with Gasteiger partial charge in [-0.2, -0.15) is 0 Å². The summed E-state index contributed by atoms with van der Waals surface area (Å²) in [5.41, 5.74) is 0. The second-order valence-electron chi connectivity index (χ2n) is 4.14. The van der Waals surface area contributed by atoms with Crippen molar-refractivity contribution in [2.24, 2.45) is 0 Å². The molecule has 0 aromatic heterocycles. The molecule has 0 saturated carbocycles. The number of carbonyl (C=O) groups is 2. The minimum atomic E-state index is -0.362. The van der Waals surface area contributed by atoms with Gasteiger partial charge >= 0.3 is 11.9 Å². The molecule has 0 amide bonds. The van der Waals surface area contributed by atoms with E-state index < -0.39 is 0 Å². The van der Waals surface area contributed by atoms with Crippen LogP contribution >= 0.6 is 0 Å². The molecule has 2 unspecified atom stereocenters. The highest BCUT2D eigenvalue weighted by Gasteiger charge is 2.24. The summed E-state index contributed by atoms with van der Waals surface area (Å²) in [5, 5.41) is 0. The zero-order valence-corrected chi connectivity index (χ0v) is 9.55. The van der Waals surface area contributed by atoms with Crippen molar-refractivity contribution in [1.29, 1.82) is 0 Å². The molecule has 2 aliphatic rings. The molecule has 2 saturated heterocycles. The van der Waals surface area contributed by atoms with Crippen LogP contribution in [0.1, 0.15) is 25.7 Å². The number of esters is 2. The first-order valence-corrected chi connectivity index (χ1v) is 5.78. The van der Waals surface area contributed by atoms with Gasteiger partial charge in [-0.15, -0.1) is 0 Å². The third-order valence-electron chi connectivity index (χ3n) is 2.59. The number of ether oxygens (including phenoxy) is 4. The molecule has 0 N–H and O–H groups in total. The van der Waals surface area contributed by atoms with Crippen molar-refractivity contribution < 1.29 is 28.5 Å². The maximum atomic E-state index is 11.1. The Labute approximate surface area is 99.2 Å². The molecule has 2 fully saturated rings. The second kappa shape index (κ2) is 5.97. The summed E-state index contributed by atoms with van der Waals surface area (Å²) in [4.78, 5) is 22.3. The lowest BCUT2D eigenvalue weighted by Crippen LogP contribution is -2.13. The van der Waals surface area contributed by atoms with Crippen LogP contribution in [0.15, 0.2) is 0 Å². The quantitative estimate of drug-likeness (QED) is 0.349. The van der Waals surface area contributed by atoms with E-state index in [0.29, 0.717) is 25.7 Å². The molecule has 6 heteroatoms. The van der Waals surface area contributed by atoms with Crippen LogP contribution in [0.4, 0.5) is 0 Å². The maximum Gasteiger partial charge on any atom is 0.308 e. The van der Waals surface area contributed by atoms with E-state index in [-0.39, 0.29) is 30.9 Å². The Morgan fingerprint density at radius 1 is 0.941 bits per heavy atom. The van der Waals surface area contributed by atoms with Crippen LogP contribution in [0.2, 0.25) is 0 Å². The molecular weight excluding hydrogens is 228 g/mol. The van der Waals surface area contributed by atoms with Crippen molar-refractivity contribution in [1.82, 2.24) is 0 Å². The summed E-state index contributed by atoms with van der Waals surface area (Å²) < 4.78 is 19.4. The summed E-state index contributed by atoms with van der Waals surface area (Å²) in [7, 11) is 0. The molecule has 2 atom stereocenters. The molecule has 96 valence electrons. The smallest absolute Gasteiger partial charge is 0.308 e. The van der Waals surface area contributed by atoms with Crippen LogP contribution in [-0.2, 0) is 28.5 Å². The molecule has 2 heterocycles. The van der Waals surface area contributed by atoms with Gasteiger partial charge in [-0.1, -0.05) is 0 Å². The van der Waals surface area contributed by atoms with Crippen molar-refractivity contribution in [2.45, 2.75) is 37.9 Å². The van der Waals surface area contributed by atoms with Gasteiger partial charge in [0, 0.05) is 12.8 Å². The number of carbonyl (C=O) groups excluding carboxylic acids is 2. The van der Waals surface area contributed by atoms with Crippen molar-refractivity contribution in [2.75, 3.05) is 20.0 Å². The molecule has 2 aliphatic heterocycles. The van der Waals surface area contributed by atoms with Gasteiger partial charge in [0.15, 0.2) is 0 Å². The van der Waals surface area contributed by atoms with E-state index in [4.69, 9.17) is 18.9 Å². The van der Waals surface area contributed by atoms with Crippen molar-refractivity contribution in [3.05, 3.63) is 0 Å². The minimum absolute atomic E-state index is 0.212. The first-order valence-electron chi connectivity index (χ1n) is 5.78. The van der Waals surface area contributed by atoms with Crippen LogP contribution in [-0.4, -0.2) is 44.2 Å². The summed E-state index contributed by atoms with van der Waals surface area (Å²) in [6.45, 7) is 1.16. The molecule has 6 nitrogen and oxygen atoms in total. The highest BCUT2D eigenvalue weighted by molar-refractivity contribution is 5.71. The number of hydrogen-bond acceptors (Lipinski definition) is 6. The lowest BCUT2D eigenvalue weighted by atomic mass is 10.2. The fourth-order valence-electron chi connectivity index (χ4n) is 1.33. The average molecular weight is 244 g/mol. The summed E-state index contributed by atoms with van der Waals surface area (Å²) in [6.07, 6.45) is 2.38. The van der Waals surface area contributed by atoms with E-state index in [9.17, 15) is 9.59 Å². The van der Waals surface area contributed by atoms with Gasteiger partial charge in [-0.25, -0.2) is 0 Å². The average Bonchev–Trinajstić information content (AvgIpc) is 3.16. The topological polar surface area (TPSA) is 77.7 Å². The fraction of sp³-hybridized carbons (Fsp3) is 0.818. The molecule has 2 rings (SSSR count). The number of rotatable bonds is 8. The van der Waals surface area contributed by atoms with Crippen LogP contribution in [0.5, 0.6) is 0 Å². The van der Waals surface area contributed by atoms with Crippen molar-refractivity contribution in [3.8, 4) is 0 Å². The Hall–Kier alpha value is -1.14. The van der Waals surface area contributed by atoms with Gasteiger partial charge in [0.2, 0.25) is 6.79 Å². The Morgan fingerprint density at radius 3 is 1.71 bits per heavy atom. The lowest BCUT2D eigenvalue weighted by Gasteiger charge is -2.05.